The third-order valence-electron chi connectivity index (χ3n) is 1.78. The summed E-state index contributed by atoms with van der Waals surface area (Å²) in [6.45, 7) is 5.03. The maximum absolute atomic E-state index is 5.90. The molecule has 0 saturated carbocycles. The summed E-state index contributed by atoms with van der Waals surface area (Å²) < 4.78 is 10.8. The predicted octanol–water partition coefficient (Wildman–Crippen LogP) is 2.23. The van der Waals surface area contributed by atoms with E-state index in [0.717, 1.165) is 0 Å². The van der Waals surface area contributed by atoms with Crippen LogP contribution in [0.3, 0.4) is 0 Å². The van der Waals surface area contributed by atoms with Crippen molar-refractivity contribution in [3.63, 3.8) is 0 Å². The molecule has 1 aliphatic rings. The third kappa shape index (κ3) is 2.77. The van der Waals surface area contributed by atoms with E-state index in [4.69, 9.17) is 32.7 Å². The molecule has 1 heterocycles. The smallest absolute Gasteiger partial charge is 0.159 e. The largest absolute Gasteiger partial charge is 0.351 e. The van der Waals surface area contributed by atoms with Crippen molar-refractivity contribution in [2.75, 3.05) is 13.2 Å². The molecule has 0 aromatic carbocycles. The summed E-state index contributed by atoms with van der Waals surface area (Å²) in [6.07, 6.45) is -0.157. The molecule has 2 nitrogen and oxygen atoms in total. The molecule has 0 aromatic rings. The minimum absolute atomic E-state index is 0.143. The van der Waals surface area contributed by atoms with E-state index in [9.17, 15) is 0 Å². The van der Waals surface area contributed by atoms with Crippen LogP contribution in [0.15, 0.2) is 0 Å². The van der Waals surface area contributed by atoms with Gasteiger partial charge < -0.3 is 9.47 Å². The van der Waals surface area contributed by atoms with Gasteiger partial charge in [-0.3, -0.25) is 0 Å². The Bertz CT molecular complexity index is 129. The highest BCUT2D eigenvalue weighted by Crippen LogP contribution is 2.20. The van der Waals surface area contributed by atoms with Crippen LogP contribution in [0.25, 0.3) is 0 Å². The fraction of sp³-hybridized carbons (Fsp3) is 1.00. The van der Waals surface area contributed by atoms with Crippen molar-refractivity contribution in [3.05, 3.63) is 0 Å². The van der Waals surface area contributed by atoms with Crippen LogP contribution in [0, 0.1) is 5.92 Å². The molecule has 72 valence electrons. The van der Waals surface area contributed by atoms with Gasteiger partial charge in [-0.25, -0.2) is 0 Å². The van der Waals surface area contributed by atoms with Crippen LogP contribution in [-0.4, -0.2) is 30.3 Å². The van der Waals surface area contributed by atoms with Crippen LogP contribution in [0.1, 0.15) is 13.8 Å². The van der Waals surface area contributed by atoms with Crippen LogP contribution in [0.5, 0.6) is 0 Å². The van der Waals surface area contributed by atoms with Crippen molar-refractivity contribution in [1.29, 1.82) is 0 Å². The van der Waals surface area contributed by atoms with Crippen molar-refractivity contribution in [2.24, 2.45) is 5.92 Å². The fourth-order valence-corrected chi connectivity index (χ4v) is 1.31. The van der Waals surface area contributed by atoms with Crippen molar-refractivity contribution < 1.29 is 9.47 Å². The Hall–Kier alpha value is 0.500. The van der Waals surface area contributed by atoms with Gasteiger partial charge in [-0.1, -0.05) is 13.8 Å². The molecule has 1 aliphatic heterocycles. The molecule has 2 atom stereocenters. The van der Waals surface area contributed by atoms with E-state index < -0.39 is 0 Å². The maximum Gasteiger partial charge on any atom is 0.159 e. The summed E-state index contributed by atoms with van der Waals surface area (Å²) in [6, 6.07) is 0. The predicted molar refractivity (Wildman–Crippen MR) is 49.8 cm³/mol. The van der Waals surface area contributed by atoms with E-state index in [1.807, 2.05) is 13.8 Å². The highest BCUT2D eigenvalue weighted by Gasteiger charge is 2.26. The van der Waals surface area contributed by atoms with Gasteiger partial charge in [0.25, 0.3) is 0 Å². The molecular formula is C8H14Cl2O2. The fourth-order valence-electron chi connectivity index (χ4n) is 1.02. The van der Waals surface area contributed by atoms with Crippen LogP contribution in [-0.2, 0) is 9.47 Å². The summed E-state index contributed by atoms with van der Waals surface area (Å²) >= 11 is 11.8. The average Bonchev–Trinajstić information content (AvgIpc) is 2.16. The Kier molecular flexibility index (Phi) is 4.11. The van der Waals surface area contributed by atoms with E-state index in [0.29, 0.717) is 19.1 Å². The number of hydrogen-bond donors (Lipinski definition) is 0. The molecule has 12 heavy (non-hydrogen) atoms. The first-order valence-corrected chi connectivity index (χ1v) is 5.00. The molecule has 0 bridgehead atoms. The Labute approximate surface area is 83.1 Å². The van der Waals surface area contributed by atoms with Crippen LogP contribution >= 0.6 is 23.2 Å². The lowest BCUT2D eigenvalue weighted by Gasteiger charge is -2.18. The maximum atomic E-state index is 5.90. The molecule has 0 aliphatic carbocycles. The highest BCUT2D eigenvalue weighted by molar-refractivity contribution is 6.30. The standard InChI is InChI=1S/C8H14Cl2O2/c1-5(2)8-11-3-6(9)7(10)4-12-8/h5-8H,3-4H2,1-2H3. The normalized spacial score (nSPS) is 38.2. The van der Waals surface area contributed by atoms with Crippen molar-refractivity contribution in [3.8, 4) is 0 Å². The van der Waals surface area contributed by atoms with Gasteiger partial charge in [0.2, 0.25) is 0 Å². The van der Waals surface area contributed by atoms with Gasteiger partial charge in [0, 0.05) is 5.92 Å². The quantitative estimate of drug-likeness (QED) is 0.622. The van der Waals surface area contributed by atoms with Crippen molar-refractivity contribution >= 4 is 23.2 Å². The van der Waals surface area contributed by atoms with E-state index in [2.05, 4.69) is 0 Å². The zero-order valence-electron chi connectivity index (χ0n) is 7.30. The highest BCUT2D eigenvalue weighted by atomic mass is 35.5. The van der Waals surface area contributed by atoms with E-state index >= 15 is 0 Å². The molecule has 0 radical (unpaired) electrons. The zero-order chi connectivity index (χ0) is 9.14. The first-order chi connectivity index (χ1) is 5.61. The molecule has 1 rings (SSSR count). The average molecular weight is 213 g/mol. The van der Waals surface area contributed by atoms with Crippen molar-refractivity contribution in [2.45, 2.75) is 30.9 Å². The number of halogens is 2. The second kappa shape index (κ2) is 4.66. The van der Waals surface area contributed by atoms with E-state index in [1.165, 1.54) is 0 Å². The Morgan fingerprint density at radius 1 is 1.08 bits per heavy atom. The third-order valence-corrected chi connectivity index (χ3v) is 2.77. The van der Waals surface area contributed by atoms with Gasteiger partial charge in [0.1, 0.15) is 0 Å². The zero-order valence-corrected chi connectivity index (χ0v) is 8.81. The number of rotatable bonds is 1. The first-order valence-electron chi connectivity index (χ1n) is 4.12. The monoisotopic (exact) mass is 212 g/mol. The summed E-state index contributed by atoms with van der Waals surface area (Å²) in [7, 11) is 0. The van der Waals surface area contributed by atoms with Crippen LogP contribution in [0.4, 0.5) is 0 Å². The molecule has 0 N–H and O–H groups in total. The number of hydrogen-bond acceptors (Lipinski definition) is 2. The molecular weight excluding hydrogens is 199 g/mol. The number of alkyl halides is 2. The Balaban J connectivity index is 2.44. The second-order valence-corrected chi connectivity index (χ2v) is 4.43. The van der Waals surface area contributed by atoms with Gasteiger partial charge in [-0.15, -0.1) is 23.2 Å². The van der Waals surface area contributed by atoms with Crippen LogP contribution < -0.4 is 0 Å². The number of ether oxygens (including phenoxy) is 2. The Morgan fingerprint density at radius 3 is 1.83 bits per heavy atom. The summed E-state index contributed by atoms with van der Waals surface area (Å²) in [5.74, 6) is 0.343. The van der Waals surface area contributed by atoms with E-state index in [-0.39, 0.29) is 17.0 Å². The second-order valence-electron chi connectivity index (χ2n) is 3.31. The van der Waals surface area contributed by atoms with Crippen molar-refractivity contribution in [1.82, 2.24) is 0 Å². The first kappa shape index (κ1) is 10.6. The van der Waals surface area contributed by atoms with E-state index in [1.54, 1.807) is 0 Å². The minimum atomic E-state index is -0.157. The molecule has 0 spiro atoms. The molecule has 0 aromatic heterocycles. The summed E-state index contributed by atoms with van der Waals surface area (Å²) in [5.41, 5.74) is 0. The summed E-state index contributed by atoms with van der Waals surface area (Å²) in [5, 5.41) is -0.286. The molecule has 2 unspecified atom stereocenters. The van der Waals surface area contributed by atoms with Gasteiger partial charge >= 0.3 is 0 Å². The lowest BCUT2D eigenvalue weighted by molar-refractivity contribution is -0.150. The Morgan fingerprint density at radius 2 is 1.50 bits per heavy atom. The minimum Gasteiger partial charge on any atom is -0.351 e. The van der Waals surface area contributed by atoms with Gasteiger partial charge in [0.05, 0.1) is 24.0 Å². The lowest BCUT2D eigenvalue weighted by atomic mass is 10.2. The molecule has 1 saturated heterocycles. The topological polar surface area (TPSA) is 18.5 Å². The SMILES string of the molecule is CC(C)C1OCC(Cl)C(Cl)CO1. The molecule has 1 fully saturated rings. The van der Waals surface area contributed by atoms with Gasteiger partial charge in [-0.2, -0.15) is 0 Å². The van der Waals surface area contributed by atoms with Gasteiger partial charge in [-0.05, 0) is 0 Å². The lowest BCUT2D eigenvalue weighted by Crippen LogP contribution is -2.22. The van der Waals surface area contributed by atoms with Gasteiger partial charge in [0.15, 0.2) is 6.29 Å². The van der Waals surface area contributed by atoms with Crippen LogP contribution in [0.2, 0.25) is 0 Å². The molecule has 4 heteroatoms. The summed E-state index contributed by atoms with van der Waals surface area (Å²) in [4.78, 5) is 0. The molecule has 0 amide bonds.